The summed E-state index contributed by atoms with van der Waals surface area (Å²) < 4.78 is 1.53. The minimum Gasteiger partial charge on any atom is -0.398 e. The number of nitrogens with two attached hydrogens (primary N) is 2. The smallest absolute Gasteiger partial charge is 0.291 e. The molecule has 2 bridgehead atoms. The lowest BCUT2D eigenvalue weighted by Gasteiger charge is -2.38. The van der Waals surface area contributed by atoms with E-state index in [1.165, 1.54) is 18.4 Å². The number of Topliss-reactive ketones (excluding diaryl/α,β-unsaturated/α-hetero) is 1. The number of H-pyrrole nitrogens is 1. The van der Waals surface area contributed by atoms with Crippen molar-refractivity contribution in [3.8, 4) is 0 Å². The third-order valence-electron chi connectivity index (χ3n) is 8.69. The van der Waals surface area contributed by atoms with Gasteiger partial charge < -0.3 is 16.4 Å². The van der Waals surface area contributed by atoms with E-state index in [-0.39, 0.29) is 53.2 Å². The van der Waals surface area contributed by atoms with Crippen LogP contribution in [0.5, 0.6) is 0 Å². The van der Waals surface area contributed by atoms with Crippen LogP contribution >= 0.6 is 0 Å². The van der Waals surface area contributed by atoms with Crippen LogP contribution < -0.4 is 16.8 Å². The van der Waals surface area contributed by atoms with Gasteiger partial charge in [0.25, 0.3) is 5.91 Å². The maximum absolute atomic E-state index is 13.5. The number of hydrogen-bond acceptors (Lipinski definition) is 9. The van der Waals surface area contributed by atoms with Gasteiger partial charge in [0, 0.05) is 36.2 Å². The Morgan fingerprint density at radius 2 is 1.78 bits per heavy atom. The van der Waals surface area contributed by atoms with Crippen LogP contribution in [0.1, 0.15) is 96.6 Å². The molecule has 2 fully saturated rings. The van der Waals surface area contributed by atoms with Crippen LogP contribution in [0.2, 0.25) is 0 Å². The monoisotopic (exact) mass is 608 g/mol. The van der Waals surface area contributed by atoms with E-state index in [2.05, 4.69) is 25.6 Å². The van der Waals surface area contributed by atoms with E-state index in [4.69, 9.17) is 16.5 Å². The number of aromatic nitrogens is 6. The van der Waals surface area contributed by atoms with Gasteiger partial charge in [-0.25, -0.2) is 4.98 Å². The fourth-order valence-corrected chi connectivity index (χ4v) is 6.66. The van der Waals surface area contributed by atoms with Gasteiger partial charge in [0.2, 0.25) is 17.7 Å². The second kappa shape index (κ2) is 12.0. The summed E-state index contributed by atoms with van der Waals surface area (Å²) in [5, 5.41) is 13.6. The van der Waals surface area contributed by atoms with Crippen molar-refractivity contribution in [2.75, 3.05) is 11.1 Å². The van der Waals surface area contributed by atoms with E-state index in [0.717, 1.165) is 29.5 Å². The van der Waals surface area contributed by atoms with Crippen molar-refractivity contribution in [1.82, 2.24) is 34.7 Å². The molecule has 0 aliphatic carbocycles. The molecular formula is C32H36N10O3. The molecule has 45 heavy (non-hydrogen) atoms. The molecule has 0 saturated carbocycles. The summed E-state index contributed by atoms with van der Waals surface area (Å²) in [4.78, 5) is 49.0. The number of carbonyl (C=O) groups excluding carboxylic acids is 3. The highest BCUT2D eigenvalue weighted by Crippen LogP contribution is 2.45. The highest BCUT2D eigenvalue weighted by molar-refractivity contribution is 6.00. The zero-order chi connectivity index (χ0) is 31.8. The largest absolute Gasteiger partial charge is 0.398 e. The molecular weight excluding hydrogens is 572 g/mol. The van der Waals surface area contributed by atoms with Gasteiger partial charge in [0.05, 0.1) is 17.5 Å². The number of hydrogen-bond donors (Lipinski definition) is 4. The van der Waals surface area contributed by atoms with E-state index >= 15 is 0 Å². The number of aromatic amines is 1. The van der Waals surface area contributed by atoms with Crippen molar-refractivity contribution in [2.24, 2.45) is 5.73 Å². The molecule has 1 aromatic carbocycles. The second-order valence-electron chi connectivity index (χ2n) is 11.6. The van der Waals surface area contributed by atoms with Gasteiger partial charge in [0.1, 0.15) is 5.82 Å². The Labute approximate surface area is 259 Å². The standard InChI is InChI=1S/C32H36N10O3/c1-4-19(10-13-25(33)20-8-6-5-7-9-20)24-16-35-42-28(34)26(17(2)43)27(37-30(24)42)21-14-22-11-12-23(15-21)41(22)31(45)29-38-32(40-39-29)36-18(3)44/h5-10,13,16,21-23H,4,11-12,14-15,33-34H2,1-3H3,(H2,36,38,39,40,44)/b19-10+,25-13-/t21?,22-,23?/m1/s1. The number of fused-ring (bicyclic) bond motifs is 3. The number of nitrogens with zero attached hydrogens (tertiary/aromatic N) is 6. The van der Waals surface area contributed by atoms with Crippen molar-refractivity contribution < 1.29 is 14.4 Å². The van der Waals surface area contributed by atoms with E-state index in [0.29, 0.717) is 41.9 Å². The molecule has 6 rings (SSSR count). The number of anilines is 2. The first-order chi connectivity index (χ1) is 21.7. The molecule has 2 aliphatic heterocycles. The zero-order valence-corrected chi connectivity index (χ0v) is 25.4. The molecule has 2 unspecified atom stereocenters. The first-order valence-corrected chi connectivity index (χ1v) is 15.1. The van der Waals surface area contributed by atoms with Crippen LogP contribution in [0.25, 0.3) is 16.9 Å². The molecule has 232 valence electrons. The van der Waals surface area contributed by atoms with Crippen LogP contribution in [0, 0.1) is 0 Å². The minimum atomic E-state index is -0.324. The molecule has 6 N–H and O–H groups in total. The topological polar surface area (TPSA) is 190 Å². The number of ketones is 1. The molecule has 4 aromatic rings. The number of nitrogen functional groups attached to an aromatic ring is 1. The van der Waals surface area contributed by atoms with Gasteiger partial charge in [-0.3, -0.25) is 24.8 Å². The summed E-state index contributed by atoms with van der Waals surface area (Å²) in [6.07, 6.45) is 9.16. The normalized spacial score (nSPS) is 20.1. The zero-order valence-electron chi connectivity index (χ0n) is 25.4. The second-order valence-corrected chi connectivity index (χ2v) is 11.6. The molecule has 5 heterocycles. The maximum Gasteiger partial charge on any atom is 0.291 e. The Hall–Kier alpha value is -5.33. The van der Waals surface area contributed by atoms with E-state index in [1.807, 2.05) is 54.3 Å². The fourth-order valence-electron chi connectivity index (χ4n) is 6.66. The average molecular weight is 609 g/mol. The molecule has 0 radical (unpaired) electrons. The Kier molecular flexibility index (Phi) is 7.92. The molecule has 2 saturated heterocycles. The molecule has 3 aromatic heterocycles. The van der Waals surface area contributed by atoms with Crippen LogP contribution in [0.3, 0.4) is 0 Å². The van der Waals surface area contributed by atoms with E-state index in [1.54, 1.807) is 6.20 Å². The summed E-state index contributed by atoms with van der Waals surface area (Å²) in [5.41, 5.74) is 17.9. The van der Waals surface area contributed by atoms with Crippen LogP contribution in [-0.2, 0) is 4.79 Å². The highest BCUT2D eigenvalue weighted by atomic mass is 16.2. The molecule has 2 aliphatic rings. The molecule has 3 atom stereocenters. The number of rotatable bonds is 8. The number of piperidine rings is 1. The quantitative estimate of drug-likeness (QED) is 0.170. The molecule has 2 amide bonds. The van der Waals surface area contributed by atoms with Crippen LogP contribution in [0.15, 0.2) is 48.7 Å². The lowest BCUT2D eigenvalue weighted by Crippen LogP contribution is -2.46. The van der Waals surface area contributed by atoms with E-state index < -0.39 is 0 Å². The third-order valence-corrected chi connectivity index (χ3v) is 8.69. The van der Waals surface area contributed by atoms with Gasteiger partial charge in [0.15, 0.2) is 11.4 Å². The van der Waals surface area contributed by atoms with Crippen LogP contribution in [-0.4, -0.2) is 64.4 Å². The van der Waals surface area contributed by atoms with Gasteiger partial charge in [-0.1, -0.05) is 43.3 Å². The summed E-state index contributed by atoms with van der Waals surface area (Å²) in [7, 11) is 0. The molecule has 13 nitrogen and oxygen atoms in total. The predicted molar refractivity (Wildman–Crippen MR) is 170 cm³/mol. The lowest BCUT2D eigenvalue weighted by atomic mass is 9.85. The fraction of sp³-hybridized carbons (Fsp3) is 0.344. The summed E-state index contributed by atoms with van der Waals surface area (Å²) in [5.74, 6) is -0.478. The predicted octanol–water partition coefficient (Wildman–Crippen LogP) is 3.93. The highest BCUT2D eigenvalue weighted by Gasteiger charge is 2.46. The van der Waals surface area contributed by atoms with E-state index in [9.17, 15) is 14.4 Å². The van der Waals surface area contributed by atoms with Gasteiger partial charge in [-0.15, -0.1) is 5.10 Å². The van der Waals surface area contributed by atoms with Gasteiger partial charge in [-0.05, 0) is 56.2 Å². The van der Waals surface area contributed by atoms with Crippen molar-refractivity contribution in [3.63, 3.8) is 0 Å². The number of allylic oxidation sites excluding steroid dienone is 3. The molecule has 0 spiro atoms. The van der Waals surface area contributed by atoms with Gasteiger partial charge >= 0.3 is 0 Å². The third kappa shape index (κ3) is 5.56. The first kappa shape index (κ1) is 29.7. The van der Waals surface area contributed by atoms with Crippen molar-refractivity contribution in [3.05, 3.63) is 76.9 Å². The lowest BCUT2D eigenvalue weighted by molar-refractivity contribution is -0.114. The number of amides is 2. The minimum absolute atomic E-state index is 0.0579. The first-order valence-electron chi connectivity index (χ1n) is 15.1. The van der Waals surface area contributed by atoms with Crippen LogP contribution in [0.4, 0.5) is 11.8 Å². The van der Waals surface area contributed by atoms with Crippen molar-refractivity contribution in [2.45, 2.75) is 70.9 Å². The number of nitrogens with one attached hydrogen (secondary N) is 2. The Morgan fingerprint density at radius 1 is 1.07 bits per heavy atom. The maximum atomic E-state index is 13.5. The summed E-state index contributed by atoms with van der Waals surface area (Å²) in [6, 6.07) is 9.60. The Morgan fingerprint density at radius 3 is 2.42 bits per heavy atom. The summed E-state index contributed by atoms with van der Waals surface area (Å²) >= 11 is 0. The average Bonchev–Trinajstić information content (AvgIpc) is 3.73. The SMILES string of the molecule is CC/C(=C\C=C(/N)c1ccccc1)c1cnn2c(N)c(C(C)=O)c(C3CC4CC[C@H](C3)N4C(=O)c3nc(NC(C)=O)n[nH]3)nc12. The molecule has 13 heteroatoms. The number of carbonyl (C=O) groups is 3. The van der Waals surface area contributed by atoms with Gasteiger partial charge in [-0.2, -0.15) is 14.6 Å². The van der Waals surface area contributed by atoms with Crippen molar-refractivity contribution in [1.29, 1.82) is 0 Å². The number of benzene rings is 1. The summed E-state index contributed by atoms with van der Waals surface area (Å²) in [6.45, 7) is 4.89. The Balaban J connectivity index is 1.33. The van der Waals surface area contributed by atoms with Crippen molar-refractivity contribution >= 4 is 46.3 Å². The Bertz CT molecular complexity index is 1840.